The number of nitrogens with zero attached hydrogens (tertiary/aromatic N) is 2. The number of rotatable bonds is 7. The first-order valence-electron chi connectivity index (χ1n) is 11.2. The number of piperidine rings is 1. The van der Waals surface area contributed by atoms with Crippen LogP contribution in [0.5, 0.6) is 11.5 Å². The summed E-state index contributed by atoms with van der Waals surface area (Å²) < 4.78 is 0. The number of aromatic hydroxyl groups is 2. The first-order valence-corrected chi connectivity index (χ1v) is 11.2. The van der Waals surface area contributed by atoms with Crippen molar-refractivity contribution in [3.05, 3.63) is 59.7 Å². The number of carbonyl (C=O) groups excluding carboxylic acids is 1. The molecule has 0 bridgehead atoms. The smallest absolute Gasteiger partial charge is 0.222 e. The number of benzene rings is 2. The van der Waals surface area contributed by atoms with Gasteiger partial charge in [0.05, 0.1) is 0 Å². The number of phenolic OH excluding ortho intramolecular Hbond substituents is 2. The van der Waals surface area contributed by atoms with E-state index in [2.05, 4.69) is 31.7 Å². The summed E-state index contributed by atoms with van der Waals surface area (Å²) in [6.07, 6.45) is 2.18. The molecule has 1 heterocycles. The molecule has 1 aliphatic heterocycles. The van der Waals surface area contributed by atoms with E-state index in [1.165, 1.54) is 5.56 Å². The van der Waals surface area contributed by atoms with E-state index in [1.54, 1.807) is 18.2 Å². The highest BCUT2D eigenvalue weighted by atomic mass is 16.3. The number of hydrogen-bond donors (Lipinski definition) is 2. The SMILES string of the molecule is C[C@@H](CN1CC[C@@](C)(c2cccc(O)c2)[C@@H](C)C1)N(C)C(=O)CCc1ccc(O)cc1. The lowest BCUT2D eigenvalue weighted by molar-refractivity contribution is -0.132. The quantitative estimate of drug-likeness (QED) is 0.700. The average Bonchev–Trinajstić information content (AvgIpc) is 2.75. The van der Waals surface area contributed by atoms with E-state index >= 15 is 0 Å². The van der Waals surface area contributed by atoms with E-state index in [1.807, 2.05) is 36.2 Å². The summed E-state index contributed by atoms with van der Waals surface area (Å²) in [6, 6.07) is 14.9. The van der Waals surface area contributed by atoms with Crippen LogP contribution in [0, 0.1) is 5.92 Å². The van der Waals surface area contributed by atoms with Crippen molar-refractivity contribution in [2.45, 2.75) is 51.5 Å². The van der Waals surface area contributed by atoms with Gasteiger partial charge < -0.3 is 20.0 Å². The standard InChI is InChI=1S/C26H36N2O3/c1-19-17-28(15-14-26(19,3)22-6-5-7-24(30)16-22)18-20(2)27(4)25(31)13-10-21-8-11-23(29)12-9-21/h5-9,11-12,16,19-20,29-30H,10,13-15,17-18H2,1-4H3/t19-,20-,26+/m0/s1. The zero-order chi connectivity index (χ0) is 22.6. The van der Waals surface area contributed by atoms with Crippen LogP contribution in [0.3, 0.4) is 0 Å². The highest BCUT2D eigenvalue weighted by Crippen LogP contribution is 2.40. The molecule has 2 N–H and O–H groups in total. The van der Waals surface area contributed by atoms with E-state index in [0.717, 1.165) is 31.6 Å². The van der Waals surface area contributed by atoms with Crippen LogP contribution in [0.4, 0.5) is 0 Å². The fourth-order valence-corrected chi connectivity index (χ4v) is 4.60. The molecule has 1 saturated heterocycles. The molecule has 5 heteroatoms. The largest absolute Gasteiger partial charge is 0.508 e. The molecule has 1 fully saturated rings. The number of phenols is 2. The second-order valence-corrected chi connectivity index (χ2v) is 9.40. The van der Waals surface area contributed by atoms with Crippen LogP contribution in [0.1, 0.15) is 44.7 Å². The Morgan fingerprint density at radius 1 is 1.19 bits per heavy atom. The molecule has 5 nitrogen and oxygen atoms in total. The number of amides is 1. The highest BCUT2D eigenvalue weighted by molar-refractivity contribution is 5.76. The van der Waals surface area contributed by atoms with Gasteiger partial charge in [-0.25, -0.2) is 0 Å². The molecule has 0 aliphatic carbocycles. The Morgan fingerprint density at radius 2 is 1.90 bits per heavy atom. The maximum atomic E-state index is 12.7. The lowest BCUT2D eigenvalue weighted by Gasteiger charge is -2.46. The third kappa shape index (κ3) is 5.59. The minimum Gasteiger partial charge on any atom is -0.508 e. The minimum atomic E-state index is 0.0459. The fourth-order valence-electron chi connectivity index (χ4n) is 4.60. The minimum absolute atomic E-state index is 0.0459. The molecule has 3 rings (SSSR count). The maximum Gasteiger partial charge on any atom is 0.222 e. The molecule has 3 atom stereocenters. The molecule has 0 saturated carbocycles. The lowest BCUT2D eigenvalue weighted by atomic mass is 9.68. The summed E-state index contributed by atoms with van der Waals surface area (Å²) in [5.41, 5.74) is 2.31. The van der Waals surface area contributed by atoms with Gasteiger partial charge in [-0.05, 0) is 73.0 Å². The molecule has 168 valence electrons. The van der Waals surface area contributed by atoms with Crippen molar-refractivity contribution >= 4 is 5.91 Å². The lowest BCUT2D eigenvalue weighted by Crippen LogP contribution is -2.51. The van der Waals surface area contributed by atoms with Crippen LogP contribution in [-0.2, 0) is 16.6 Å². The second kappa shape index (κ2) is 9.73. The normalized spacial score (nSPS) is 22.8. The van der Waals surface area contributed by atoms with E-state index in [4.69, 9.17) is 0 Å². The van der Waals surface area contributed by atoms with E-state index in [9.17, 15) is 15.0 Å². The molecule has 0 spiro atoms. The summed E-state index contributed by atoms with van der Waals surface area (Å²) in [5.74, 6) is 1.17. The van der Waals surface area contributed by atoms with Gasteiger partial charge in [-0.15, -0.1) is 0 Å². The van der Waals surface area contributed by atoms with Crippen molar-refractivity contribution in [2.24, 2.45) is 5.92 Å². The molecule has 1 aliphatic rings. The van der Waals surface area contributed by atoms with Crippen LogP contribution in [-0.4, -0.2) is 58.6 Å². The van der Waals surface area contributed by atoms with Gasteiger partial charge in [0.2, 0.25) is 5.91 Å². The number of hydrogen-bond acceptors (Lipinski definition) is 4. The molecular weight excluding hydrogens is 388 g/mol. The van der Waals surface area contributed by atoms with E-state index in [0.29, 0.717) is 24.5 Å². The first-order chi connectivity index (χ1) is 14.7. The first kappa shape index (κ1) is 23.1. The van der Waals surface area contributed by atoms with Gasteiger partial charge in [-0.1, -0.05) is 38.1 Å². The molecule has 31 heavy (non-hydrogen) atoms. The van der Waals surface area contributed by atoms with Gasteiger partial charge in [-0.3, -0.25) is 4.79 Å². The molecule has 1 amide bonds. The number of aryl methyl sites for hydroxylation is 1. The van der Waals surface area contributed by atoms with Gasteiger partial charge >= 0.3 is 0 Å². The van der Waals surface area contributed by atoms with Crippen molar-refractivity contribution in [1.82, 2.24) is 9.80 Å². The summed E-state index contributed by atoms with van der Waals surface area (Å²) in [7, 11) is 1.90. The zero-order valence-electron chi connectivity index (χ0n) is 19.2. The Bertz CT molecular complexity index is 882. The highest BCUT2D eigenvalue weighted by Gasteiger charge is 2.38. The van der Waals surface area contributed by atoms with Gasteiger partial charge in [0.15, 0.2) is 0 Å². The van der Waals surface area contributed by atoms with Crippen LogP contribution in [0.25, 0.3) is 0 Å². The van der Waals surface area contributed by atoms with Crippen molar-refractivity contribution in [3.8, 4) is 11.5 Å². The van der Waals surface area contributed by atoms with Crippen molar-refractivity contribution in [1.29, 1.82) is 0 Å². The van der Waals surface area contributed by atoms with Crippen LogP contribution < -0.4 is 0 Å². The second-order valence-electron chi connectivity index (χ2n) is 9.40. The molecule has 0 aromatic heterocycles. The fraction of sp³-hybridized carbons (Fsp3) is 0.500. The zero-order valence-corrected chi connectivity index (χ0v) is 19.2. The molecule has 0 radical (unpaired) electrons. The Labute approximate surface area is 186 Å². The molecule has 2 aromatic carbocycles. The number of likely N-dealkylation sites (tertiary alicyclic amines) is 1. The number of carbonyl (C=O) groups is 1. The third-order valence-corrected chi connectivity index (χ3v) is 7.21. The summed E-state index contributed by atoms with van der Waals surface area (Å²) >= 11 is 0. The van der Waals surface area contributed by atoms with Gasteiger partial charge in [0.1, 0.15) is 11.5 Å². The van der Waals surface area contributed by atoms with Crippen molar-refractivity contribution in [2.75, 3.05) is 26.7 Å². The Morgan fingerprint density at radius 3 is 2.55 bits per heavy atom. The molecular formula is C26H36N2O3. The Balaban J connectivity index is 1.51. The molecule has 2 aromatic rings. The number of likely N-dealkylation sites (N-methyl/N-ethyl adjacent to an activating group) is 1. The van der Waals surface area contributed by atoms with Gasteiger partial charge in [0, 0.05) is 32.6 Å². The van der Waals surface area contributed by atoms with E-state index < -0.39 is 0 Å². The van der Waals surface area contributed by atoms with Gasteiger partial charge in [0.25, 0.3) is 0 Å². The van der Waals surface area contributed by atoms with Crippen molar-refractivity contribution in [3.63, 3.8) is 0 Å². The predicted molar refractivity (Wildman–Crippen MR) is 124 cm³/mol. The third-order valence-electron chi connectivity index (χ3n) is 7.21. The summed E-state index contributed by atoms with van der Waals surface area (Å²) in [4.78, 5) is 17.0. The van der Waals surface area contributed by atoms with Crippen LogP contribution in [0.2, 0.25) is 0 Å². The summed E-state index contributed by atoms with van der Waals surface area (Å²) in [5, 5.41) is 19.3. The van der Waals surface area contributed by atoms with Gasteiger partial charge in [-0.2, -0.15) is 0 Å². The van der Waals surface area contributed by atoms with Crippen LogP contribution in [0.15, 0.2) is 48.5 Å². The monoisotopic (exact) mass is 424 g/mol. The Kier molecular flexibility index (Phi) is 7.26. The average molecular weight is 425 g/mol. The Hall–Kier alpha value is -2.53. The topological polar surface area (TPSA) is 64.0 Å². The van der Waals surface area contributed by atoms with E-state index in [-0.39, 0.29) is 23.1 Å². The molecule has 0 unspecified atom stereocenters. The predicted octanol–water partition coefficient (Wildman–Crippen LogP) is 4.18. The van der Waals surface area contributed by atoms with Crippen molar-refractivity contribution < 1.29 is 15.0 Å². The summed E-state index contributed by atoms with van der Waals surface area (Å²) in [6.45, 7) is 9.52. The maximum absolute atomic E-state index is 12.7. The van der Waals surface area contributed by atoms with Crippen LogP contribution >= 0.6 is 0 Å².